The van der Waals surface area contributed by atoms with Crippen LogP contribution in [-0.2, 0) is 0 Å². The minimum absolute atomic E-state index is 0.0484. The molecule has 1 aromatic heterocycles. The average molecular weight is 292 g/mol. The van der Waals surface area contributed by atoms with Gasteiger partial charge in [0.05, 0.1) is 23.0 Å². The molecule has 0 radical (unpaired) electrons. The predicted octanol–water partition coefficient (Wildman–Crippen LogP) is 4.04. The number of benzene rings is 1. The number of hydrogen-bond acceptors (Lipinski definition) is 2. The van der Waals surface area contributed by atoms with Gasteiger partial charge in [-0.25, -0.2) is 0 Å². The highest BCUT2D eigenvalue weighted by atomic mass is 35.5. The third-order valence-electron chi connectivity index (χ3n) is 3.58. The summed E-state index contributed by atoms with van der Waals surface area (Å²) in [5, 5.41) is 8.49. The van der Waals surface area contributed by atoms with Crippen molar-refractivity contribution in [3.05, 3.63) is 51.8 Å². The van der Waals surface area contributed by atoms with Gasteiger partial charge in [-0.2, -0.15) is 5.10 Å². The molecular weight excluding hydrogens is 270 g/mol. The Balaban J connectivity index is 2.58. The Hall–Kier alpha value is -1.32. The molecule has 108 valence electrons. The Kier molecular flexibility index (Phi) is 4.51. The maximum Gasteiger partial charge on any atom is 0.0837 e. The molecule has 20 heavy (non-hydrogen) atoms. The van der Waals surface area contributed by atoms with Crippen LogP contribution < -0.4 is 5.32 Å². The fraction of sp³-hybridized carbons (Fsp3) is 0.438. The zero-order valence-electron chi connectivity index (χ0n) is 12.7. The molecule has 2 rings (SSSR count). The Morgan fingerprint density at radius 1 is 1.25 bits per heavy atom. The SMILES string of the molecule is CNC(c1cc(C)ccc1C)c1c(Cl)cnn1C(C)C. The first-order valence-electron chi connectivity index (χ1n) is 6.93. The van der Waals surface area contributed by atoms with Gasteiger partial charge in [0.2, 0.25) is 0 Å². The minimum Gasteiger partial charge on any atom is -0.308 e. The summed E-state index contributed by atoms with van der Waals surface area (Å²) in [6, 6.07) is 6.82. The summed E-state index contributed by atoms with van der Waals surface area (Å²) < 4.78 is 1.99. The van der Waals surface area contributed by atoms with E-state index >= 15 is 0 Å². The van der Waals surface area contributed by atoms with Gasteiger partial charge in [0.15, 0.2) is 0 Å². The maximum atomic E-state index is 6.38. The maximum absolute atomic E-state index is 6.38. The second-order valence-corrected chi connectivity index (χ2v) is 5.90. The Labute approximate surface area is 126 Å². The van der Waals surface area contributed by atoms with Gasteiger partial charge in [0, 0.05) is 6.04 Å². The molecular formula is C16H22ClN3. The number of nitrogens with zero attached hydrogens (tertiary/aromatic N) is 2. The van der Waals surface area contributed by atoms with Gasteiger partial charge in [-0.3, -0.25) is 4.68 Å². The summed E-state index contributed by atoms with van der Waals surface area (Å²) >= 11 is 6.38. The first-order valence-corrected chi connectivity index (χ1v) is 7.30. The van der Waals surface area contributed by atoms with E-state index in [-0.39, 0.29) is 12.1 Å². The molecule has 0 aliphatic rings. The van der Waals surface area contributed by atoms with Crippen LogP contribution in [0.25, 0.3) is 0 Å². The smallest absolute Gasteiger partial charge is 0.0837 e. The van der Waals surface area contributed by atoms with Gasteiger partial charge in [-0.15, -0.1) is 0 Å². The highest BCUT2D eigenvalue weighted by Crippen LogP contribution is 2.31. The number of rotatable bonds is 4. The van der Waals surface area contributed by atoms with Crippen molar-refractivity contribution < 1.29 is 0 Å². The van der Waals surface area contributed by atoms with Crippen molar-refractivity contribution in [3.8, 4) is 0 Å². The Morgan fingerprint density at radius 2 is 1.95 bits per heavy atom. The van der Waals surface area contributed by atoms with Gasteiger partial charge >= 0.3 is 0 Å². The molecule has 1 aromatic carbocycles. The molecule has 0 spiro atoms. The molecule has 0 saturated carbocycles. The van der Waals surface area contributed by atoms with Gasteiger partial charge < -0.3 is 5.32 Å². The molecule has 3 nitrogen and oxygen atoms in total. The van der Waals surface area contributed by atoms with Crippen LogP contribution >= 0.6 is 11.6 Å². The predicted molar refractivity (Wildman–Crippen MR) is 84.4 cm³/mol. The van der Waals surface area contributed by atoms with Crippen molar-refractivity contribution in [2.45, 2.75) is 39.8 Å². The lowest BCUT2D eigenvalue weighted by atomic mass is 9.96. The van der Waals surface area contributed by atoms with Crippen LogP contribution in [0.15, 0.2) is 24.4 Å². The van der Waals surface area contributed by atoms with E-state index in [1.165, 1.54) is 16.7 Å². The second-order valence-electron chi connectivity index (χ2n) is 5.50. The monoisotopic (exact) mass is 291 g/mol. The molecule has 4 heteroatoms. The number of halogens is 1. The highest BCUT2D eigenvalue weighted by molar-refractivity contribution is 6.31. The quantitative estimate of drug-likeness (QED) is 0.921. The second kappa shape index (κ2) is 5.98. The zero-order chi connectivity index (χ0) is 14.9. The zero-order valence-corrected chi connectivity index (χ0v) is 13.5. The lowest BCUT2D eigenvalue weighted by Gasteiger charge is -2.23. The molecule has 0 aliphatic heterocycles. The topological polar surface area (TPSA) is 29.9 Å². The normalized spacial score (nSPS) is 12.9. The van der Waals surface area contributed by atoms with Crippen molar-refractivity contribution >= 4 is 11.6 Å². The van der Waals surface area contributed by atoms with Crippen LogP contribution in [0.3, 0.4) is 0 Å². The van der Waals surface area contributed by atoms with Gasteiger partial charge in [-0.05, 0) is 45.9 Å². The summed E-state index contributed by atoms with van der Waals surface area (Å²) in [6.07, 6.45) is 1.73. The molecule has 1 N–H and O–H groups in total. The van der Waals surface area contributed by atoms with E-state index in [4.69, 9.17) is 11.6 Å². The fourth-order valence-corrected chi connectivity index (χ4v) is 2.78. The molecule has 0 fully saturated rings. The van der Waals surface area contributed by atoms with Crippen molar-refractivity contribution in [3.63, 3.8) is 0 Å². The van der Waals surface area contributed by atoms with Crippen LogP contribution in [0.2, 0.25) is 5.02 Å². The molecule has 0 amide bonds. The minimum atomic E-state index is 0.0484. The van der Waals surface area contributed by atoms with E-state index in [0.29, 0.717) is 5.02 Å². The van der Waals surface area contributed by atoms with Crippen molar-refractivity contribution in [2.24, 2.45) is 0 Å². The molecule has 1 unspecified atom stereocenters. The summed E-state index contributed by atoms with van der Waals surface area (Å²) in [4.78, 5) is 0. The highest BCUT2D eigenvalue weighted by Gasteiger charge is 2.23. The molecule has 1 atom stereocenters. The molecule has 0 aliphatic carbocycles. The van der Waals surface area contributed by atoms with E-state index < -0.39 is 0 Å². The van der Waals surface area contributed by atoms with Crippen LogP contribution in [0, 0.1) is 13.8 Å². The number of hydrogen-bond donors (Lipinski definition) is 1. The average Bonchev–Trinajstić information content (AvgIpc) is 2.77. The molecule has 0 saturated heterocycles. The van der Waals surface area contributed by atoms with Crippen LogP contribution in [0.4, 0.5) is 0 Å². The van der Waals surface area contributed by atoms with E-state index in [1.807, 2.05) is 11.7 Å². The van der Waals surface area contributed by atoms with E-state index in [2.05, 4.69) is 56.3 Å². The first-order chi connectivity index (χ1) is 9.45. The third kappa shape index (κ3) is 2.74. The molecule has 2 aromatic rings. The van der Waals surface area contributed by atoms with Gasteiger partial charge in [0.25, 0.3) is 0 Å². The Bertz CT molecular complexity index is 602. The van der Waals surface area contributed by atoms with Gasteiger partial charge in [-0.1, -0.05) is 35.4 Å². The van der Waals surface area contributed by atoms with E-state index in [1.54, 1.807) is 6.20 Å². The summed E-state index contributed by atoms with van der Waals surface area (Å²) in [5.41, 5.74) is 4.77. The largest absolute Gasteiger partial charge is 0.308 e. The van der Waals surface area contributed by atoms with Crippen molar-refractivity contribution in [1.29, 1.82) is 0 Å². The van der Waals surface area contributed by atoms with Crippen LogP contribution in [-0.4, -0.2) is 16.8 Å². The van der Waals surface area contributed by atoms with Crippen LogP contribution in [0.1, 0.15) is 48.3 Å². The first kappa shape index (κ1) is 15.1. The number of nitrogens with one attached hydrogen (secondary N) is 1. The van der Waals surface area contributed by atoms with Crippen molar-refractivity contribution in [2.75, 3.05) is 7.05 Å². The summed E-state index contributed by atoms with van der Waals surface area (Å²) in [7, 11) is 1.96. The van der Waals surface area contributed by atoms with E-state index in [9.17, 15) is 0 Å². The summed E-state index contributed by atoms with van der Waals surface area (Å²) in [5.74, 6) is 0. The molecule has 1 heterocycles. The van der Waals surface area contributed by atoms with Gasteiger partial charge in [0.1, 0.15) is 0 Å². The number of aromatic nitrogens is 2. The molecule has 0 bridgehead atoms. The Morgan fingerprint density at radius 3 is 2.55 bits per heavy atom. The van der Waals surface area contributed by atoms with Crippen LogP contribution in [0.5, 0.6) is 0 Å². The third-order valence-corrected chi connectivity index (χ3v) is 3.88. The summed E-state index contributed by atoms with van der Waals surface area (Å²) in [6.45, 7) is 8.46. The van der Waals surface area contributed by atoms with Crippen molar-refractivity contribution in [1.82, 2.24) is 15.1 Å². The standard InChI is InChI=1S/C16H22ClN3/c1-10(2)20-16(14(17)9-19-20)15(18-5)13-8-11(3)6-7-12(13)4/h6-10,15,18H,1-5H3. The lowest BCUT2D eigenvalue weighted by molar-refractivity contribution is 0.483. The fourth-order valence-electron chi connectivity index (χ4n) is 2.54. The lowest BCUT2D eigenvalue weighted by Crippen LogP contribution is -2.23. The number of aryl methyl sites for hydroxylation is 2. The van der Waals surface area contributed by atoms with E-state index in [0.717, 1.165) is 5.69 Å².